The maximum Gasteiger partial charge on any atom is 0.507 e. The van der Waals surface area contributed by atoms with Crippen LogP contribution in [0.15, 0.2) is 0 Å². The third kappa shape index (κ3) is 3.25. The van der Waals surface area contributed by atoms with Gasteiger partial charge in [-0.05, 0) is 18.3 Å². The first-order chi connectivity index (χ1) is 6.26. The van der Waals surface area contributed by atoms with Crippen LogP contribution in [0.4, 0.5) is 4.79 Å². The van der Waals surface area contributed by atoms with Crippen molar-refractivity contribution in [2.75, 3.05) is 14.2 Å². The third-order valence-corrected chi connectivity index (χ3v) is 2.97. The minimum Gasteiger partial charge on any atom is -0.438 e. The molecule has 76 valence electrons. The molecule has 2 aliphatic carbocycles. The Kier molecular flexibility index (Phi) is 4.06. The molecule has 0 aromatic rings. The molecule has 2 aliphatic rings. The van der Waals surface area contributed by atoms with Crippen LogP contribution in [0.1, 0.15) is 32.1 Å². The van der Waals surface area contributed by atoms with Crippen molar-refractivity contribution in [3.63, 3.8) is 0 Å². The fourth-order valence-electron chi connectivity index (χ4n) is 2.26. The van der Waals surface area contributed by atoms with Gasteiger partial charge in [-0.25, -0.2) is 4.79 Å². The van der Waals surface area contributed by atoms with E-state index in [1.165, 1.54) is 26.1 Å². The molecule has 0 spiro atoms. The van der Waals surface area contributed by atoms with Crippen LogP contribution in [0.2, 0.25) is 0 Å². The van der Waals surface area contributed by atoms with Crippen molar-refractivity contribution >= 4 is 6.16 Å². The molecule has 0 aromatic heterocycles. The van der Waals surface area contributed by atoms with Crippen molar-refractivity contribution in [1.82, 2.24) is 0 Å². The number of hydrogen-bond acceptors (Lipinski definition) is 3. The van der Waals surface area contributed by atoms with Gasteiger partial charge in [0.15, 0.2) is 0 Å². The first-order valence-electron chi connectivity index (χ1n) is 4.88. The fourth-order valence-corrected chi connectivity index (χ4v) is 2.26. The van der Waals surface area contributed by atoms with Gasteiger partial charge in [-0.3, -0.25) is 0 Å². The molecule has 0 atom stereocenters. The van der Waals surface area contributed by atoms with Crippen LogP contribution in [0.5, 0.6) is 0 Å². The van der Waals surface area contributed by atoms with E-state index >= 15 is 0 Å². The van der Waals surface area contributed by atoms with Crippen LogP contribution >= 0.6 is 0 Å². The Morgan fingerprint density at radius 1 is 1.00 bits per heavy atom. The monoisotopic (exact) mass is 186 g/mol. The van der Waals surface area contributed by atoms with Gasteiger partial charge in [-0.1, -0.05) is 25.7 Å². The molecule has 0 heterocycles. The molecule has 0 radical (unpaired) electrons. The second kappa shape index (κ2) is 5.10. The van der Waals surface area contributed by atoms with E-state index in [4.69, 9.17) is 0 Å². The maximum atomic E-state index is 9.74. The largest absolute Gasteiger partial charge is 0.507 e. The summed E-state index contributed by atoms with van der Waals surface area (Å²) in [5.74, 6) is 2.34. The van der Waals surface area contributed by atoms with Gasteiger partial charge in [0.05, 0.1) is 14.2 Å². The molecule has 0 saturated heterocycles. The quantitative estimate of drug-likeness (QED) is 0.545. The minimum atomic E-state index is -0.657. The van der Waals surface area contributed by atoms with Crippen LogP contribution in [-0.4, -0.2) is 20.4 Å². The van der Waals surface area contributed by atoms with Crippen molar-refractivity contribution in [1.29, 1.82) is 0 Å². The molecule has 2 bridgehead atoms. The maximum absolute atomic E-state index is 9.74. The second-order valence-corrected chi connectivity index (χ2v) is 3.78. The Bertz CT molecular complexity index is 144. The number of methoxy groups -OCH3 is 2. The normalized spacial score (nSPS) is 29.1. The standard InChI is InChI=1S/C7H12.C3H6O3/c1-2-7-4-3-6(1)5-7;1-5-3(4)6-2/h6-7H,1-5H2;1-2H3. The van der Waals surface area contributed by atoms with Crippen LogP contribution in [0.25, 0.3) is 0 Å². The van der Waals surface area contributed by atoms with Crippen molar-refractivity contribution in [3.8, 4) is 0 Å². The number of rotatable bonds is 0. The molecule has 2 fully saturated rings. The lowest BCUT2D eigenvalue weighted by molar-refractivity contribution is 0.0924. The van der Waals surface area contributed by atoms with E-state index in [1.54, 1.807) is 32.1 Å². The Morgan fingerprint density at radius 2 is 1.38 bits per heavy atom. The molecule has 3 nitrogen and oxygen atoms in total. The summed E-state index contributed by atoms with van der Waals surface area (Å²) in [6.07, 6.45) is 7.17. The average Bonchev–Trinajstić information content (AvgIpc) is 2.81. The molecule has 2 saturated carbocycles. The smallest absolute Gasteiger partial charge is 0.438 e. The molecule has 3 heteroatoms. The molecule has 0 N–H and O–H groups in total. The predicted octanol–water partition coefficient (Wildman–Crippen LogP) is 2.60. The first-order valence-corrected chi connectivity index (χ1v) is 4.88. The average molecular weight is 186 g/mol. The summed E-state index contributed by atoms with van der Waals surface area (Å²) in [5.41, 5.74) is 0. The SMILES string of the molecule is C1CC2CCC1C2.COC(=O)OC. The number of fused-ring (bicyclic) bond motifs is 2. The lowest BCUT2D eigenvalue weighted by atomic mass is 10.0. The highest BCUT2D eigenvalue weighted by molar-refractivity contribution is 5.59. The minimum absolute atomic E-state index is 0.657. The summed E-state index contributed by atoms with van der Waals surface area (Å²) in [7, 11) is 2.51. The third-order valence-electron chi connectivity index (χ3n) is 2.97. The number of carbonyl (C=O) groups is 1. The highest BCUT2D eigenvalue weighted by Crippen LogP contribution is 2.43. The van der Waals surface area contributed by atoms with E-state index in [2.05, 4.69) is 9.47 Å². The molecule has 0 amide bonds. The molecule has 0 unspecified atom stereocenters. The second-order valence-electron chi connectivity index (χ2n) is 3.78. The topological polar surface area (TPSA) is 35.5 Å². The van der Waals surface area contributed by atoms with Crippen molar-refractivity contribution in [3.05, 3.63) is 0 Å². The highest BCUT2D eigenvalue weighted by Gasteiger charge is 2.30. The number of carbonyl (C=O) groups excluding carboxylic acids is 1. The number of ether oxygens (including phenoxy) is 2. The molecule has 13 heavy (non-hydrogen) atoms. The van der Waals surface area contributed by atoms with Gasteiger partial charge in [0.2, 0.25) is 0 Å². The molecular weight excluding hydrogens is 168 g/mol. The lowest BCUT2D eigenvalue weighted by Crippen LogP contribution is -1.97. The van der Waals surface area contributed by atoms with Crippen LogP contribution < -0.4 is 0 Å². The zero-order valence-corrected chi connectivity index (χ0v) is 8.41. The van der Waals surface area contributed by atoms with Crippen molar-refractivity contribution in [2.24, 2.45) is 11.8 Å². The molecule has 2 rings (SSSR count). The van der Waals surface area contributed by atoms with E-state index in [0.717, 1.165) is 0 Å². The van der Waals surface area contributed by atoms with Gasteiger partial charge in [-0.2, -0.15) is 0 Å². The first kappa shape index (κ1) is 10.4. The zero-order valence-electron chi connectivity index (χ0n) is 8.41. The number of hydrogen-bond donors (Lipinski definition) is 0. The molecule has 0 aliphatic heterocycles. The Labute approximate surface area is 79.4 Å². The Hall–Kier alpha value is -0.730. The van der Waals surface area contributed by atoms with Crippen LogP contribution in [0, 0.1) is 11.8 Å². The summed E-state index contributed by atoms with van der Waals surface area (Å²) in [4.78, 5) is 9.74. The molecular formula is C10H18O3. The van der Waals surface area contributed by atoms with Gasteiger partial charge in [0.1, 0.15) is 0 Å². The van der Waals surface area contributed by atoms with E-state index in [9.17, 15) is 4.79 Å². The van der Waals surface area contributed by atoms with Gasteiger partial charge in [-0.15, -0.1) is 0 Å². The zero-order chi connectivity index (χ0) is 9.68. The van der Waals surface area contributed by atoms with Gasteiger partial charge >= 0.3 is 6.16 Å². The van der Waals surface area contributed by atoms with Gasteiger partial charge in [0.25, 0.3) is 0 Å². The summed E-state index contributed by atoms with van der Waals surface area (Å²) < 4.78 is 8.08. The summed E-state index contributed by atoms with van der Waals surface area (Å²) >= 11 is 0. The summed E-state index contributed by atoms with van der Waals surface area (Å²) in [6.45, 7) is 0. The van der Waals surface area contributed by atoms with E-state index in [1.807, 2.05) is 0 Å². The highest BCUT2D eigenvalue weighted by atomic mass is 16.7. The Balaban J connectivity index is 0.000000133. The van der Waals surface area contributed by atoms with E-state index in [0.29, 0.717) is 0 Å². The van der Waals surface area contributed by atoms with Gasteiger partial charge < -0.3 is 9.47 Å². The van der Waals surface area contributed by atoms with Crippen LogP contribution in [-0.2, 0) is 9.47 Å². The molecule has 0 aromatic carbocycles. The van der Waals surface area contributed by atoms with E-state index < -0.39 is 6.16 Å². The van der Waals surface area contributed by atoms with Crippen molar-refractivity contribution < 1.29 is 14.3 Å². The predicted molar refractivity (Wildman–Crippen MR) is 49.5 cm³/mol. The van der Waals surface area contributed by atoms with E-state index in [-0.39, 0.29) is 0 Å². The van der Waals surface area contributed by atoms with Crippen LogP contribution in [0.3, 0.4) is 0 Å². The Morgan fingerprint density at radius 3 is 1.46 bits per heavy atom. The lowest BCUT2D eigenvalue weighted by Gasteiger charge is -2.05. The summed E-state index contributed by atoms with van der Waals surface area (Å²) in [5, 5.41) is 0. The fraction of sp³-hybridized carbons (Fsp3) is 0.900. The van der Waals surface area contributed by atoms with Crippen molar-refractivity contribution in [2.45, 2.75) is 32.1 Å². The van der Waals surface area contributed by atoms with Gasteiger partial charge in [0, 0.05) is 0 Å². The summed E-state index contributed by atoms with van der Waals surface area (Å²) in [6, 6.07) is 0.